The highest BCUT2D eigenvalue weighted by atomic mass is 14.9. The van der Waals surface area contributed by atoms with Crippen LogP contribution in [0, 0.1) is 11.3 Å². The monoisotopic (exact) mass is 230 g/mol. The second-order valence-electron chi connectivity index (χ2n) is 4.52. The summed E-state index contributed by atoms with van der Waals surface area (Å²) < 4.78 is 0. The summed E-state index contributed by atoms with van der Waals surface area (Å²) in [5.41, 5.74) is 1.48. The molecule has 0 aliphatic heterocycles. The maximum absolute atomic E-state index is 8.79. The van der Waals surface area contributed by atoms with E-state index in [0.29, 0.717) is 17.8 Å². The molecule has 4 nitrogen and oxygen atoms in total. The van der Waals surface area contributed by atoms with Gasteiger partial charge in [0.15, 0.2) is 0 Å². The maximum Gasteiger partial charge on any atom is 0.142 e. The average Bonchev–Trinajstić information content (AvgIpc) is 2.40. The van der Waals surface area contributed by atoms with Gasteiger partial charge >= 0.3 is 0 Å². The third kappa shape index (κ3) is 3.18. The van der Waals surface area contributed by atoms with Crippen molar-refractivity contribution in [3.63, 3.8) is 0 Å². The Bertz CT molecular complexity index is 402. The van der Waals surface area contributed by atoms with E-state index in [2.05, 4.69) is 21.7 Å². The van der Waals surface area contributed by atoms with E-state index in [1.807, 2.05) is 19.2 Å². The zero-order chi connectivity index (χ0) is 12.1. The number of anilines is 1. The van der Waals surface area contributed by atoms with Crippen LogP contribution < -0.4 is 10.6 Å². The number of nitrogens with zero attached hydrogens (tertiary/aromatic N) is 2. The molecular weight excluding hydrogens is 212 g/mol. The highest BCUT2D eigenvalue weighted by Gasteiger charge is 2.19. The van der Waals surface area contributed by atoms with Gasteiger partial charge in [-0.05, 0) is 44.9 Å². The molecule has 0 bridgehead atoms. The first kappa shape index (κ1) is 11.9. The Morgan fingerprint density at radius 1 is 1.29 bits per heavy atom. The summed E-state index contributed by atoms with van der Waals surface area (Å²) >= 11 is 0. The average molecular weight is 230 g/mol. The van der Waals surface area contributed by atoms with Gasteiger partial charge in [0.25, 0.3) is 0 Å². The van der Waals surface area contributed by atoms with Crippen LogP contribution in [0.1, 0.15) is 31.4 Å². The summed E-state index contributed by atoms with van der Waals surface area (Å²) in [6, 6.07) is 6.98. The Balaban J connectivity index is 1.91. The Kier molecular flexibility index (Phi) is 3.94. The first-order chi connectivity index (χ1) is 8.31. The summed E-state index contributed by atoms with van der Waals surface area (Å²) in [5, 5.41) is 15.6. The third-order valence-corrected chi connectivity index (χ3v) is 3.38. The number of hydrogen-bond acceptors (Lipinski definition) is 4. The van der Waals surface area contributed by atoms with Crippen molar-refractivity contribution in [1.29, 1.82) is 5.26 Å². The lowest BCUT2D eigenvalue weighted by Crippen LogP contribution is -2.34. The largest absolute Gasteiger partial charge is 0.382 e. The zero-order valence-corrected chi connectivity index (χ0v) is 10.1. The molecule has 0 amide bonds. The van der Waals surface area contributed by atoms with Gasteiger partial charge < -0.3 is 10.6 Å². The van der Waals surface area contributed by atoms with Crippen molar-refractivity contribution in [2.75, 3.05) is 12.4 Å². The van der Waals surface area contributed by atoms with Crippen LogP contribution in [0.15, 0.2) is 18.3 Å². The highest BCUT2D eigenvalue weighted by Crippen LogP contribution is 2.22. The molecule has 4 heteroatoms. The minimum Gasteiger partial charge on any atom is -0.382 e. The zero-order valence-electron chi connectivity index (χ0n) is 10.1. The molecule has 0 atom stereocenters. The fourth-order valence-electron chi connectivity index (χ4n) is 2.34. The standard InChI is InChI=1S/C13H18N4/c1-15-10-2-4-11(5-3-10)17-12-6-7-16-13(8-12)9-14/h6-8,10-11,15H,2-5H2,1H3,(H,16,17). The Morgan fingerprint density at radius 2 is 2.00 bits per heavy atom. The Labute approximate surface area is 102 Å². The van der Waals surface area contributed by atoms with Crippen LogP contribution in [0.25, 0.3) is 0 Å². The van der Waals surface area contributed by atoms with Gasteiger partial charge in [0.2, 0.25) is 0 Å². The van der Waals surface area contributed by atoms with E-state index < -0.39 is 0 Å². The molecule has 1 fully saturated rings. The van der Waals surface area contributed by atoms with E-state index in [1.165, 1.54) is 25.7 Å². The van der Waals surface area contributed by atoms with E-state index in [1.54, 1.807) is 6.20 Å². The lowest BCUT2D eigenvalue weighted by atomic mass is 9.91. The van der Waals surface area contributed by atoms with Gasteiger partial charge in [0, 0.05) is 24.0 Å². The quantitative estimate of drug-likeness (QED) is 0.832. The molecule has 1 aliphatic rings. The molecule has 1 heterocycles. The van der Waals surface area contributed by atoms with Crippen LogP contribution in [0.5, 0.6) is 0 Å². The van der Waals surface area contributed by atoms with Gasteiger partial charge in [-0.3, -0.25) is 0 Å². The van der Waals surface area contributed by atoms with Crippen molar-refractivity contribution < 1.29 is 0 Å². The van der Waals surface area contributed by atoms with E-state index in [-0.39, 0.29) is 0 Å². The van der Waals surface area contributed by atoms with Gasteiger partial charge in [-0.15, -0.1) is 0 Å². The Hall–Kier alpha value is -1.60. The molecule has 0 aromatic carbocycles. The normalized spacial score (nSPS) is 24.0. The van der Waals surface area contributed by atoms with Crippen LogP contribution in [-0.2, 0) is 0 Å². The molecule has 2 N–H and O–H groups in total. The van der Waals surface area contributed by atoms with Crippen molar-refractivity contribution in [3.8, 4) is 6.07 Å². The molecule has 1 saturated carbocycles. The number of nitrogens with one attached hydrogen (secondary N) is 2. The summed E-state index contributed by atoms with van der Waals surface area (Å²) in [5.74, 6) is 0. The van der Waals surface area contributed by atoms with Crippen molar-refractivity contribution in [3.05, 3.63) is 24.0 Å². The third-order valence-electron chi connectivity index (χ3n) is 3.38. The molecule has 0 spiro atoms. The maximum atomic E-state index is 8.79. The summed E-state index contributed by atoms with van der Waals surface area (Å²) in [7, 11) is 2.03. The lowest BCUT2D eigenvalue weighted by molar-refractivity contribution is 0.371. The molecule has 2 rings (SSSR count). The number of aromatic nitrogens is 1. The fourth-order valence-corrected chi connectivity index (χ4v) is 2.34. The van der Waals surface area contributed by atoms with Gasteiger partial charge in [-0.2, -0.15) is 5.26 Å². The molecule has 17 heavy (non-hydrogen) atoms. The molecular formula is C13H18N4. The molecule has 1 aliphatic carbocycles. The fraction of sp³-hybridized carbons (Fsp3) is 0.538. The molecule has 90 valence electrons. The van der Waals surface area contributed by atoms with Crippen LogP contribution in [0.3, 0.4) is 0 Å². The second kappa shape index (κ2) is 5.65. The van der Waals surface area contributed by atoms with Gasteiger partial charge in [0.1, 0.15) is 11.8 Å². The number of pyridine rings is 1. The van der Waals surface area contributed by atoms with E-state index in [0.717, 1.165) is 5.69 Å². The predicted octanol–water partition coefficient (Wildman–Crippen LogP) is 1.90. The number of hydrogen-bond donors (Lipinski definition) is 2. The summed E-state index contributed by atoms with van der Waals surface area (Å²) in [4.78, 5) is 3.97. The number of rotatable bonds is 3. The number of nitriles is 1. The highest BCUT2D eigenvalue weighted by molar-refractivity contribution is 5.46. The van der Waals surface area contributed by atoms with Crippen molar-refractivity contribution in [1.82, 2.24) is 10.3 Å². The smallest absolute Gasteiger partial charge is 0.142 e. The first-order valence-electron chi connectivity index (χ1n) is 6.12. The van der Waals surface area contributed by atoms with Crippen molar-refractivity contribution in [2.45, 2.75) is 37.8 Å². The van der Waals surface area contributed by atoms with Crippen LogP contribution >= 0.6 is 0 Å². The first-order valence-corrected chi connectivity index (χ1v) is 6.12. The van der Waals surface area contributed by atoms with Crippen LogP contribution in [0.2, 0.25) is 0 Å². The minimum absolute atomic E-state index is 0.471. The van der Waals surface area contributed by atoms with Crippen LogP contribution in [-0.4, -0.2) is 24.1 Å². The lowest BCUT2D eigenvalue weighted by Gasteiger charge is -2.29. The van der Waals surface area contributed by atoms with Gasteiger partial charge in [-0.25, -0.2) is 4.98 Å². The van der Waals surface area contributed by atoms with Crippen molar-refractivity contribution in [2.24, 2.45) is 0 Å². The molecule has 0 saturated heterocycles. The Morgan fingerprint density at radius 3 is 2.65 bits per heavy atom. The van der Waals surface area contributed by atoms with E-state index in [9.17, 15) is 0 Å². The van der Waals surface area contributed by atoms with Crippen molar-refractivity contribution >= 4 is 5.69 Å². The summed E-state index contributed by atoms with van der Waals surface area (Å²) in [6.07, 6.45) is 6.46. The minimum atomic E-state index is 0.471. The predicted molar refractivity (Wildman–Crippen MR) is 67.7 cm³/mol. The summed E-state index contributed by atoms with van der Waals surface area (Å²) in [6.45, 7) is 0. The SMILES string of the molecule is CNC1CCC(Nc2ccnc(C#N)c2)CC1. The van der Waals surface area contributed by atoms with Gasteiger partial charge in [0.05, 0.1) is 0 Å². The molecule has 0 radical (unpaired) electrons. The second-order valence-corrected chi connectivity index (χ2v) is 4.52. The van der Waals surface area contributed by atoms with E-state index >= 15 is 0 Å². The van der Waals surface area contributed by atoms with E-state index in [4.69, 9.17) is 5.26 Å². The van der Waals surface area contributed by atoms with Gasteiger partial charge in [-0.1, -0.05) is 0 Å². The topological polar surface area (TPSA) is 60.7 Å². The molecule has 0 unspecified atom stereocenters. The van der Waals surface area contributed by atoms with Crippen LogP contribution in [0.4, 0.5) is 5.69 Å². The molecule has 1 aromatic heterocycles. The molecule has 1 aromatic rings.